The molecule has 1 aromatic heterocycles. The van der Waals surface area contributed by atoms with Crippen LogP contribution in [-0.4, -0.2) is 66.6 Å². The summed E-state index contributed by atoms with van der Waals surface area (Å²) in [6, 6.07) is 14.4. The predicted octanol–water partition coefficient (Wildman–Crippen LogP) is 5.00. The summed E-state index contributed by atoms with van der Waals surface area (Å²) in [4.78, 5) is 32.4. The van der Waals surface area contributed by atoms with Crippen LogP contribution in [0.2, 0.25) is 0 Å². The fraction of sp³-hybridized carbons (Fsp3) is 0.419. The van der Waals surface area contributed by atoms with E-state index >= 15 is 0 Å². The Morgan fingerprint density at radius 1 is 0.951 bits per heavy atom. The van der Waals surface area contributed by atoms with Gasteiger partial charge in [-0.05, 0) is 81.5 Å². The second kappa shape index (κ2) is 12.1. The first-order valence-electron chi connectivity index (χ1n) is 14.3. The van der Waals surface area contributed by atoms with Crippen molar-refractivity contribution in [1.29, 1.82) is 0 Å². The van der Waals surface area contributed by atoms with Crippen LogP contribution in [0, 0.1) is 0 Å². The lowest BCUT2D eigenvalue weighted by Crippen LogP contribution is -2.36. The standard InChI is InChI=1S/C31H38N4O4S2/c1-5-33(6-2)31(37)28-26-16-17-34(21(3)4)20-27(26)40-30(28)32-29(36)23-11-13-25(14-12-23)41(38,39)35-18-15-22-9-7-8-10-24(22)19-35/h7-14,21H,5-6,15-20H2,1-4H3,(H,32,36). The van der Waals surface area contributed by atoms with Crippen LogP contribution < -0.4 is 5.32 Å². The Morgan fingerprint density at radius 2 is 1.63 bits per heavy atom. The van der Waals surface area contributed by atoms with E-state index in [-0.39, 0.29) is 16.7 Å². The lowest BCUT2D eigenvalue weighted by molar-refractivity contribution is 0.0772. The van der Waals surface area contributed by atoms with Gasteiger partial charge in [0.05, 0.1) is 10.5 Å². The smallest absolute Gasteiger partial charge is 0.257 e. The van der Waals surface area contributed by atoms with Crippen molar-refractivity contribution in [1.82, 2.24) is 14.1 Å². The number of nitrogens with zero attached hydrogens (tertiary/aromatic N) is 3. The van der Waals surface area contributed by atoms with Gasteiger partial charge in [-0.3, -0.25) is 14.5 Å². The SMILES string of the molecule is CCN(CC)C(=O)c1c(NC(=O)c2ccc(S(=O)(=O)N3CCc4ccccc4C3)cc2)sc2c1CCN(C(C)C)C2. The van der Waals surface area contributed by atoms with E-state index in [1.165, 1.54) is 33.3 Å². The third-order valence-corrected chi connectivity index (χ3v) is 11.1. The Hall–Kier alpha value is -3.05. The first kappa shape index (κ1) is 29.4. The normalized spacial score (nSPS) is 15.8. The molecule has 2 aliphatic heterocycles. The van der Waals surface area contributed by atoms with Crippen LogP contribution in [0.5, 0.6) is 0 Å². The van der Waals surface area contributed by atoms with Gasteiger partial charge in [-0.2, -0.15) is 4.31 Å². The van der Waals surface area contributed by atoms with Crippen molar-refractivity contribution in [3.8, 4) is 0 Å². The molecule has 0 spiro atoms. The van der Waals surface area contributed by atoms with E-state index in [1.54, 1.807) is 17.0 Å². The Bertz CT molecular complexity index is 1540. The lowest BCUT2D eigenvalue weighted by Gasteiger charge is -2.30. The Labute approximate surface area is 247 Å². The van der Waals surface area contributed by atoms with Crippen LogP contribution in [0.15, 0.2) is 53.4 Å². The topological polar surface area (TPSA) is 90.0 Å². The number of carbonyl (C=O) groups is 2. The number of hydrogen-bond donors (Lipinski definition) is 1. The van der Waals surface area contributed by atoms with Crippen LogP contribution in [0.1, 0.15) is 70.0 Å². The summed E-state index contributed by atoms with van der Waals surface area (Å²) in [5, 5.41) is 3.56. The number of sulfonamides is 1. The molecule has 2 aromatic carbocycles. The summed E-state index contributed by atoms with van der Waals surface area (Å²) in [5.41, 5.74) is 4.16. The summed E-state index contributed by atoms with van der Waals surface area (Å²) >= 11 is 1.47. The molecule has 0 aliphatic carbocycles. The van der Waals surface area contributed by atoms with Gasteiger partial charge in [0, 0.05) is 55.8 Å². The number of fused-ring (bicyclic) bond motifs is 2. The molecular weight excluding hydrogens is 556 g/mol. The van der Waals surface area contributed by atoms with Crippen molar-refractivity contribution in [2.75, 3.05) is 31.5 Å². The van der Waals surface area contributed by atoms with Crippen molar-refractivity contribution in [3.63, 3.8) is 0 Å². The average Bonchev–Trinajstić information content (AvgIpc) is 3.34. The minimum Gasteiger partial charge on any atom is -0.339 e. The van der Waals surface area contributed by atoms with Crippen molar-refractivity contribution in [3.05, 3.63) is 81.2 Å². The van der Waals surface area contributed by atoms with E-state index in [9.17, 15) is 18.0 Å². The minimum atomic E-state index is -3.71. The highest BCUT2D eigenvalue weighted by molar-refractivity contribution is 7.89. The number of benzene rings is 2. The number of nitrogens with one attached hydrogen (secondary N) is 1. The molecule has 0 bridgehead atoms. The highest BCUT2D eigenvalue weighted by atomic mass is 32.2. The van der Waals surface area contributed by atoms with Crippen LogP contribution in [0.25, 0.3) is 0 Å². The van der Waals surface area contributed by atoms with Crippen LogP contribution in [0.4, 0.5) is 5.00 Å². The zero-order valence-electron chi connectivity index (χ0n) is 24.1. The van der Waals surface area contributed by atoms with Crippen LogP contribution in [0.3, 0.4) is 0 Å². The molecule has 10 heteroatoms. The quantitative estimate of drug-likeness (QED) is 0.397. The maximum absolute atomic E-state index is 13.6. The van der Waals surface area contributed by atoms with Crippen molar-refractivity contribution in [2.45, 2.75) is 64.6 Å². The molecule has 0 saturated carbocycles. The Morgan fingerprint density at radius 3 is 2.29 bits per heavy atom. The molecule has 0 fully saturated rings. The van der Waals surface area contributed by atoms with Gasteiger partial charge in [0.25, 0.3) is 11.8 Å². The van der Waals surface area contributed by atoms with Gasteiger partial charge >= 0.3 is 0 Å². The summed E-state index contributed by atoms with van der Waals surface area (Å²) in [6.45, 7) is 11.8. The largest absolute Gasteiger partial charge is 0.339 e. The molecule has 8 nitrogen and oxygen atoms in total. The van der Waals surface area contributed by atoms with Crippen molar-refractivity contribution in [2.24, 2.45) is 0 Å². The highest BCUT2D eigenvalue weighted by Gasteiger charge is 2.32. The molecule has 0 unspecified atom stereocenters. The van der Waals surface area contributed by atoms with Crippen molar-refractivity contribution >= 4 is 38.2 Å². The van der Waals surface area contributed by atoms with Gasteiger partial charge in [0.2, 0.25) is 10.0 Å². The van der Waals surface area contributed by atoms with Gasteiger partial charge < -0.3 is 10.2 Å². The van der Waals surface area contributed by atoms with E-state index < -0.39 is 10.0 Å². The number of carbonyl (C=O) groups excluding carboxylic acids is 2. The third kappa shape index (κ3) is 5.83. The lowest BCUT2D eigenvalue weighted by atomic mass is 10.0. The molecule has 2 amide bonds. The van der Waals surface area contributed by atoms with E-state index in [1.807, 2.05) is 38.1 Å². The summed E-state index contributed by atoms with van der Waals surface area (Å²) in [6.07, 6.45) is 1.43. The summed E-state index contributed by atoms with van der Waals surface area (Å²) < 4.78 is 28.2. The van der Waals surface area contributed by atoms with Gasteiger partial charge in [0.15, 0.2) is 0 Å². The van der Waals surface area contributed by atoms with Gasteiger partial charge in [-0.15, -0.1) is 11.3 Å². The molecule has 3 aromatic rings. The zero-order valence-corrected chi connectivity index (χ0v) is 25.8. The first-order valence-corrected chi connectivity index (χ1v) is 16.6. The molecule has 41 heavy (non-hydrogen) atoms. The third-order valence-electron chi connectivity index (χ3n) is 8.16. The number of thiophene rings is 1. The van der Waals surface area contributed by atoms with Crippen LogP contribution in [-0.2, 0) is 36.0 Å². The highest BCUT2D eigenvalue weighted by Crippen LogP contribution is 2.38. The fourth-order valence-corrected chi connectivity index (χ4v) is 8.30. The van der Waals surface area contributed by atoms with E-state index in [2.05, 4.69) is 24.1 Å². The minimum absolute atomic E-state index is 0.0645. The maximum atomic E-state index is 13.6. The first-order chi connectivity index (χ1) is 19.6. The van der Waals surface area contributed by atoms with Gasteiger partial charge in [-0.1, -0.05) is 24.3 Å². The number of rotatable bonds is 8. The summed E-state index contributed by atoms with van der Waals surface area (Å²) in [7, 11) is -3.71. The maximum Gasteiger partial charge on any atom is 0.257 e. The second-order valence-corrected chi connectivity index (χ2v) is 13.9. The van der Waals surface area contributed by atoms with Crippen molar-refractivity contribution < 1.29 is 18.0 Å². The molecule has 1 N–H and O–H groups in total. The molecular formula is C31H38N4O4S2. The predicted molar refractivity (Wildman–Crippen MR) is 163 cm³/mol. The van der Waals surface area contributed by atoms with E-state index in [0.717, 1.165) is 35.5 Å². The number of hydrogen-bond acceptors (Lipinski definition) is 6. The van der Waals surface area contributed by atoms with Crippen LogP contribution >= 0.6 is 11.3 Å². The fourth-order valence-electron chi connectivity index (χ4n) is 5.62. The Kier molecular flexibility index (Phi) is 8.65. The molecule has 0 radical (unpaired) electrons. The summed E-state index contributed by atoms with van der Waals surface area (Å²) in [5.74, 6) is -0.431. The molecule has 2 aliphatic rings. The zero-order chi connectivity index (χ0) is 29.3. The van der Waals surface area contributed by atoms with Gasteiger partial charge in [-0.25, -0.2) is 8.42 Å². The molecule has 218 valence electrons. The number of anilines is 1. The molecule has 5 rings (SSSR count). The van der Waals surface area contributed by atoms with Gasteiger partial charge in [0.1, 0.15) is 5.00 Å². The molecule has 0 atom stereocenters. The molecule has 3 heterocycles. The average molecular weight is 595 g/mol. The van der Waals surface area contributed by atoms with E-state index in [0.29, 0.717) is 54.8 Å². The van der Waals surface area contributed by atoms with E-state index in [4.69, 9.17) is 0 Å². The number of amides is 2. The molecule has 0 saturated heterocycles. The Balaban J connectivity index is 1.37. The second-order valence-electron chi connectivity index (χ2n) is 10.8. The monoisotopic (exact) mass is 594 g/mol.